The number of hydrogen-bond acceptors (Lipinski definition) is 4. The minimum atomic E-state index is -0.343. The second-order valence-electron chi connectivity index (χ2n) is 5.46. The average molecular weight is 354 g/mol. The van der Waals surface area contributed by atoms with E-state index in [1.165, 1.54) is 11.8 Å². The smallest absolute Gasteiger partial charge is 0.269 e. The molecule has 2 aromatic carbocycles. The number of para-hydroxylation sites is 2. The van der Waals surface area contributed by atoms with Crippen LogP contribution < -0.4 is 10.9 Å². The number of hydrazine groups is 1. The van der Waals surface area contributed by atoms with Crippen LogP contribution in [-0.4, -0.2) is 27.5 Å². The van der Waals surface area contributed by atoms with E-state index in [1.54, 1.807) is 24.3 Å². The Morgan fingerprint density at radius 2 is 1.80 bits per heavy atom. The molecule has 7 heteroatoms. The van der Waals surface area contributed by atoms with Gasteiger partial charge in [0.1, 0.15) is 5.82 Å². The lowest BCUT2D eigenvalue weighted by atomic mass is 10.2. The number of carbonyl (C=O) groups excluding carboxylic acids is 2. The van der Waals surface area contributed by atoms with Crippen LogP contribution in [0.25, 0.3) is 11.0 Å². The molecule has 0 aliphatic rings. The molecule has 0 unspecified atom stereocenters. The highest BCUT2D eigenvalue weighted by Gasteiger charge is 2.14. The van der Waals surface area contributed by atoms with Crippen LogP contribution in [0.2, 0.25) is 0 Å². The summed E-state index contributed by atoms with van der Waals surface area (Å²) < 4.78 is 0. The maximum Gasteiger partial charge on any atom is 0.269 e. The molecule has 1 heterocycles. The van der Waals surface area contributed by atoms with Crippen LogP contribution in [0.15, 0.2) is 54.6 Å². The largest absolute Gasteiger partial charge is 0.341 e. The van der Waals surface area contributed by atoms with Crippen LogP contribution in [0.4, 0.5) is 0 Å². The minimum absolute atomic E-state index is 0.0305. The molecule has 0 saturated carbocycles. The molecule has 6 nitrogen and oxygen atoms in total. The number of benzene rings is 2. The van der Waals surface area contributed by atoms with Gasteiger partial charge in [0, 0.05) is 5.56 Å². The van der Waals surface area contributed by atoms with Gasteiger partial charge in [-0.05, 0) is 31.2 Å². The van der Waals surface area contributed by atoms with Gasteiger partial charge in [0.2, 0.25) is 5.91 Å². The van der Waals surface area contributed by atoms with Crippen molar-refractivity contribution in [3.05, 3.63) is 66.0 Å². The number of fused-ring (bicyclic) bond motifs is 1. The van der Waals surface area contributed by atoms with E-state index in [0.717, 1.165) is 16.9 Å². The third-order valence-corrected chi connectivity index (χ3v) is 4.76. The van der Waals surface area contributed by atoms with E-state index in [2.05, 4.69) is 20.8 Å². The van der Waals surface area contributed by atoms with Crippen molar-refractivity contribution in [3.8, 4) is 0 Å². The minimum Gasteiger partial charge on any atom is -0.341 e. The molecular weight excluding hydrogens is 336 g/mol. The zero-order valence-corrected chi connectivity index (χ0v) is 14.5. The van der Waals surface area contributed by atoms with Gasteiger partial charge in [-0.15, -0.1) is 11.8 Å². The fraction of sp³-hybridized carbons (Fsp3) is 0.167. The number of amides is 2. The van der Waals surface area contributed by atoms with E-state index in [9.17, 15) is 9.59 Å². The van der Waals surface area contributed by atoms with Gasteiger partial charge in [-0.25, -0.2) is 4.98 Å². The van der Waals surface area contributed by atoms with E-state index in [0.29, 0.717) is 5.56 Å². The van der Waals surface area contributed by atoms with E-state index in [-0.39, 0.29) is 22.8 Å². The Labute approximate surface area is 149 Å². The number of aromatic nitrogens is 2. The number of nitrogens with zero attached hydrogens (tertiary/aromatic N) is 1. The third-order valence-electron chi connectivity index (χ3n) is 3.61. The zero-order valence-electron chi connectivity index (χ0n) is 13.7. The first-order valence-electron chi connectivity index (χ1n) is 7.84. The summed E-state index contributed by atoms with van der Waals surface area (Å²) in [5.74, 6) is 0.432. The molecule has 2 amide bonds. The van der Waals surface area contributed by atoms with Gasteiger partial charge in [0.15, 0.2) is 0 Å². The number of thioether (sulfide) groups is 1. The Balaban J connectivity index is 1.47. The molecule has 3 aromatic rings. The van der Waals surface area contributed by atoms with Crippen molar-refractivity contribution in [1.29, 1.82) is 0 Å². The number of imidazole rings is 1. The number of rotatable bonds is 5. The quantitative estimate of drug-likeness (QED) is 0.615. The number of nitrogens with one attached hydrogen (secondary N) is 3. The lowest BCUT2D eigenvalue weighted by Crippen LogP contribution is -2.42. The summed E-state index contributed by atoms with van der Waals surface area (Å²) in [5, 5.41) is 0.0305. The molecule has 0 saturated heterocycles. The van der Waals surface area contributed by atoms with Gasteiger partial charge in [-0.1, -0.05) is 30.3 Å². The second-order valence-corrected chi connectivity index (χ2v) is 6.79. The van der Waals surface area contributed by atoms with Crippen LogP contribution in [0.1, 0.15) is 28.4 Å². The maximum absolute atomic E-state index is 11.9. The molecule has 0 aliphatic carbocycles. The van der Waals surface area contributed by atoms with E-state index in [4.69, 9.17) is 0 Å². The summed E-state index contributed by atoms with van der Waals surface area (Å²) in [6.45, 7) is 1.98. The standard InChI is InChI=1S/C18H18N4O2S/c1-12(17-19-14-9-5-6-10-15(14)20-17)25-11-16(23)21-22-18(24)13-7-3-2-4-8-13/h2-10,12H,11H2,1H3,(H,19,20)(H,21,23)(H,22,24)/t12-/m1/s1. The van der Waals surface area contributed by atoms with Gasteiger partial charge < -0.3 is 4.98 Å². The van der Waals surface area contributed by atoms with E-state index < -0.39 is 0 Å². The first-order valence-corrected chi connectivity index (χ1v) is 8.89. The number of hydrogen-bond donors (Lipinski definition) is 3. The van der Waals surface area contributed by atoms with Crippen LogP contribution in [-0.2, 0) is 4.79 Å². The predicted molar refractivity (Wildman–Crippen MR) is 99.0 cm³/mol. The molecule has 25 heavy (non-hydrogen) atoms. The van der Waals surface area contributed by atoms with Crippen molar-refractivity contribution < 1.29 is 9.59 Å². The molecule has 3 rings (SSSR count). The van der Waals surface area contributed by atoms with Crippen molar-refractivity contribution in [2.24, 2.45) is 0 Å². The Hall–Kier alpha value is -2.80. The van der Waals surface area contributed by atoms with Gasteiger partial charge >= 0.3 is 0 Å². The van der Waals surface area contributed by atoms with Crippen molar-refractivity contribution >= 4 is 34.6 Å². The normalized spacial score (nSPS) is 11.9. The highest BCUT2D eigenvalue weighted by atomic mass is 32.2. The number of H-pyrrole nitrogens is 1. The predicted octanol–water partition coefficient (Wildman–Crippen LogP) is 2.82. The molecule has 0 spiro atoms. The lowest BCUT2D eigenvalue weighted by molar-refractivity contribution is -0.119. The average Bonchev–Trinajstić information content (AvgIpc) is 3.09. The van der Waals surface area contributed by atoms with Gasteiger partial charge in [0.05, 0.1) is 22.0 Å². The fourth-order valence-electron chi connectivity index (χ4n) is 2.27. The summed E-state index contributed by atoms with van der Waals surface area (Å²) in [7, 11) is 0. The molecule has 0 fully saturated rings. The van der Waals surface area contributed by atoms with Crippen LogP contribution in [0.5, 0.6) is 0 Å². The van der Waals surface area contributed by atoms with Crippen molar-refractivity contribution in [2.75, 3.05) is 5.75 Å². The number of aromatic amines is 1. The van der Waals surface area contributed by atoms with Gasteiger partial charge in [0.25, 0.3) is 5.91 Å². The fourth-order valence-corrected chi connectivity index (χ4v) is 3.01. The van der Waals surface area contributed by atoms with Crippen LogP contribution >= 0.6 is 11.8 Å². The molecule has 128 valence electrons. The molecule has 0 radical (unpaired) electrons. The monoisotopic (exact) mass is 354 g/mol. The molecule has 0 bridgehead atoms. The number of carbonyl (C=O) groups is 2. The van der Waals surface area contributed by atoms with Gasteiger partial charge in [-0.3, -0.25) is 20.4 Å². The van der Waals surface area contributed by atoms with E-state index in [1.807, 2.05) is 37.3 Å². The second kappa shape index (κ2) is 7.85. The van der Waals surface area contributed by atoms with Crippen LogP contribution in [0.3, 0.4) is 0 Å². The van der Waals surface area contributed by atoms with Crippen molar-refractivity contribution in [3.63, 3.8) is 0 Å². The third kappa shape index (κ3) is 4.39. The molecule has 1 atom stereocenters. The first-order chi connectivity index (χ1) is 12.1. The van der Waals surface area contributed by atoms with Crippen LogP contribution in [0, 0.1) is 0 Å². The Morgan fingerprint density at radius 3 is 2.56 bits per heavy atom. The highest BCUT2D eigenvalue weighted by molar-refractivity contribution is 8.00. The Kier molecular flexibility index (Phi) is 5.35. The zero-order chi connectivity index (χ0) is 17.6. The molecule has 3 N–H and O–H groups in total. The Morgan fingerprint density at radius 1 is 1.08 bits per heavy atom. The van der Waals surface area contributed by atoms with E-state index >= 15 is 0 Å². The van der Waals surface area contributed by atoms with Gasteiger partial charge in [-0.2, -0.15) is 0 Å². The molecular formula is C18H18N4O2S. The summed E-state index contributed by atoms with van der Waals surface area (Å²) in [4.78, 5) is 31.6. The lowest BCUT2D eigenvalue weighted by Gasteiger charge is -2.10. The molecule has 0 aliphatic heterocycles. The summed E-state index contributed by atoms with van der Waals surface area (Å²) >= 11 is 1.44. The first kappa shape index (κ1) is 17.0. The van der Waals surface area contributed by atoms with Crippen molar-refractivity contribution in [1.82, 2.24) is 20.8 Å². The summed E-state index contributed by atoms with van der Waals surface area (Å²) in [6, 6.07) is 16.5. The topological polar surface area (TPSA) is 86.9 Å². The molecule has 1 aromatic heterocycles. The Bertz CT molecular complexity index is 846. The maximum atomic E-state index is 11.9. The summed E-state index contributed by atoms with van der Waals surface area (Å²) in [6.07, 6.45) is 0. The van der Waals surface area contributed by atoms with Crippen molar-refractivity contribution in [2.45, 2.75) is 12.2 Å². The highest BCUT2D eigenvalue weighted by Crippen LogP contribution is 2.27. The SMILES string of the molecule is C[C@@H](SCC(=O)NNC(=O)c1ccccc1)c1nc2ccccc2[nH]1. The summed E-state index contributed by atoms with van der Waals surface area (Å²) in [5.41, 5.74) is 7.21.